The monoisotopic (exact) mass is 317 g/mol. The molecule has 2 aromatic rings. The molecule has 2 unspecified atom stereocenters. The summed E-state index contributed by atoms with van der Waals surface area (Å²) in [5, 5.41) is 13.6. The average Bonchev–Trinajstić information content (AvgIpc) is 2.83. The first kappa shape index (κ1) is 14.9. The number of ether oxygens (including phenoxy) is 1. The third-order valence-corrected chi connectivity index (χ3v) is 4.13. The molecule has 1 aliphatic rings. The van der Waals surface area contributed by atoms with Gasteiger partial charge in [-0.3, -0.25) is 4.79 Å². The van der Waals surface area contributed by atoms with Crippen LogP contribution in [0.4, 0.5) is 0 Å². The molecule has 0 spiro atoms. The molecule has 0 heterocycles. The molecule has 0 radical (unpaired) electrons. The molecule has 2 aromatic carbocycles. The summed E-state index contributed by atoms with van der Waals surface area (Å²) in [6, 6.07) is 12.2. The fourth-order valence-electron chi connectivity index (χ4n) is 2.82. The molecule has 5 heteroatoms. The van der Waals surface area contributed by atoms with Crippen LogP contribution >= 0.6 is 11.6 Å². The van der Waals surface area contributed by atoms with E-state index in [0.717, 1.165) is 11.1 Å². The van der Waals surface area contributed by atoms with Crippen LogP contribution in [0.2, 0.25) is 5.02 Å². The normalized spacial score (nSPS) is 19.6. The third kappa shape index (κ3) is 2.67. The average molecular weight is 318 g/mol. The van der Waals surface area contributed by atoms with Crippen LogP contribution in [0.1, 0.15) is 27.5 Å². The van der Waals surface area contributed by atoms with Gasteiger partial charge in [0.05, 0.1) is 24.8 Å². The Labute approximate surface area is 133 Å². The zero-order valence-electron chi connectivity index (χ0n) is 12.0. The molecule has 22 heavy (non-hydrogen) atoms. The van der Waals surface area contributed by atoms with Gasteiger partial charge in [0.15, 0.2) is 0 Å². The summed E-state index contributed by atoms with van der Waals surface area (Å²) in [5.74, 6) is 0.111. The van der Waals surface area contributed by atoms with E-state index < -0.39 is 12.1 Å². The lowest BCUT2D eigenvalue weighted by Crippen LogP contribution is -2.34. The minimum atomic E-state index is -0.625. The van der Waals surface area contributed by atoms with Gasteiger partial charge < -0.3 is 15.2 Å². The highest BCUT2D eigenvalue weighted by atomic mass is 35.5. The second kappa shape index (κ2) is 5.99. The second-order valence-corrected chi connectivity index (χ2v) is 5.70. The van der Waals surface area contributed by atoms with E-state index in [-0.39, 0.29) is 5.91 Å². The molecular weight excluding hydrogens is 302 g/mol. The number of aliphatic hydroxyl groups is 1. The van der Waals surface area contributed by atoms with Crippen molar-refractivity contribution < 1.29 is 14.6 Å². The van der Waals surface area contributed by atoms with E-state index in [1.165, 1.54) is 7.11 Å². The van der Waals surface area contributed by atoms with Gasteiger partial charge in [0, 0.05) is 11.4 Å². The van der Waals surface area contributed by atoms with Gasteiger partial charge in [-0.25, -0.2) is 0 Å². The Balaban J connectivity index is 1.86. The number of aliphatic hydroxyl groups excluding tert-OH is 1. The Kier molecular flexibility index (Phi) is 4.05. The van der Waals surface area contributed by atoms with Crippen molar-refractivity contribution in [2.75, 3.05) is 7.11 Å². The fraction of sp³-hybridized carbons (Fsp3) is 0.235. The molecule has 0 fully saturated rings. The number of amides is 1. The minimum absolute atomic E-state index is 0.297. The van der Waals surface area contributed by atoms with E-state index in [1.54, 1.807) is 18.2 Å². The highest BCUT2D eigenvalue weighted by Gasteiger charge is 2.32. The quantitative estimate of drug-likeness (QED) is 0.915. The number of halogens is 1. The topological polar surface area (TPSA) is 58.6 Å². The molecule has 0 saturated heterocycles. The van der Waals surface area contributed by atoms with Crippen LogP contribution in [-0.2, 0) is 6.42 Å². The molecule has 0 aliphatic heterocycles. The van der Waals surface area contributed by atoms with Crippen molar-refractivity contribution >= 4 is 17.5 Å². The molecule has 0 aromatic heterocycles. The maximum absolute atomic E-state index is 12.5. The van der Waals surface area contributed by atoms with Crippen molar-refractivity contribution in [1.82, 2.24) is 5.32 Å². The second-order valence-electron chi connectivity index (χ2n) is 5.27. The summed E-state index contributed by atoms with van der Waals surface area (Å²) >= 11 is 5.91. The van der Waals surface area contributed by atoms with E-state index in [9.17, 15) is 9.90 Å². The maximum Gasteiger partial charge on any atom is 0.255 e. The van der Waals surface area contributed by atoms with Crippen LogP contribution in [0.25, 0.3) is 0 Å². The van der Waals surface area contributed by atoms with Crippen LogP contribution in [-0.4, -0.2) is 24.2 Å². The molecule has 114 valence electrons. The van der Waals surface area contributed by atoms with Gasteiger partial charge in [-0.15, -0.1) is 0 Å². The van der Waals surface area contributed by atoms with Crippen molar-refractivity contribution in [3.63, 3.8) is 0 Å². The highest BCUT2D eigenvalue weighted by Crippen LogP contribution is 2.32. The van der Waals surface area contributed by atoms with E-state index in [0.29, 0.717) is 22.8 Å². The van der Waals surface area contributed by atoms with Crippen molar-refractivity contribution in [1.29, 1.82) is 0 Å². The molecule has 4 nitrogen and oxygen atoms in total. The lowest BCUT2D eigenvalue weighted by atomic mass is 10.1. The fourth-order valence-corrected chi connectivity index (χ4v) is 2.98. The molecule has 3 rings (SSSR count). The molecule has 1 amide bonds. The van der Waals surface area contributed by atoms with Gasteiger partial charge in [0.1, 0.15) is 5.75 Å². The predicted octanol–water partition coefficient (Wildman–Crippen LogP) is 2.74. The number of methoxy groups -OCH3 is 1. The van der Waals surface area contributed by atoms with Gasteiger partial charge in [0.25, 0.3) is 5.91 Å². The molecule has 1 aliphatic carbocycles. The highest BCUT2D eigenvalue weighted by molar-refractivity contribution is 6.30. The largest absolute Gasteiger partial charge is 0.496 e. The van der Waals surface area contributed by atoms with Gasteiger partial charge >= 0.3 is 0 Å². The van der Waals surface area contributed by atoms with E-state index >= 15 is 0 Å². The molecule has 2 atom stereocenters. The number of carbonyl (C=O) groups is 1. The van der Waals surface area contributed by atoms with Gasteiger partial charge in [-0.2, -0.15) is 0 Å². The summed E-state index contributed by atoms with van der Waals surface area (Å²) < 4.78 is 5.20. The van der Waals surface area contributed by atoms with Crippen LogP contribution in [0.15, 0.2) is 42.5 Å². The van der Waals surface area contributed by atoms with Crippen molar-refractivity contribution in [2.45, 2.75) is 18.6 Å². The SMILES string of the molecule is COc1cc(Cl)ccc1C(=O)NC1c2ccccc2CC1O. The summed E-state index contributed by atoms with van der Waals surface area (Å²) in [6.07, 6.45) is -0.0848. The number of carbonyl (C=O) groups excluding carboxylic acids is 1. The zero-order valence-corrected chi connectivity index (χ0v) is 12.8. The molecule has 0 saturated carbocycles. The molecule has 2 N–H and O–H groups in total. The van der Waals surface area contributed by atoms with Crippen LogP contribution < -0.4 is 10.1 Å². The smallest absolute Gasteiger partial charge is 0.255 e. The molecular formula is C17H16ClNO3. The summed E-state index contributed by atoms with van der Waals surface area (Å²) in [6.45, 7) is 0. The van der Waals surface area contributed by atoms with Gasteiger partial charge in [0.2, 0.25) is 0 Å². The lowest BCUT2D eigenvalue weighted by Gasteiger charge is -2.19. The van der Waals surface area contributed by atoms with Crippen LogP contribution in [0, 0.1) is 0 Å². The van der Waals surface area contributed by atoms with Gasteiger partial charge in [-0.05, 0) is 29.3 Å². The first-order valence-corrected chi connectivity index (χ1v) is 7.38. The standard InChI is InChI=1S/C17H16ClNO3/c1-22-15-9-11(18)6-7-13(15)17(21)19-16-12-5-3-2-4-10(12)8-14(16)20/h2-7,9,14,16,20H,8H2,1H3,(H,19,21). The number of rotatable bonds is 3. The van der Waals surface area contributed by atoms with E-state index in [1.807, 2.05) is 24.3 Å². The van der Waals surface area contributed by atoms with E-state index in [2.05, 4.69) is 5.32 Å². The lowest BCUT2D eigenvalue weighted by molar-refractivity contribution is 0.0855. The Morgan fingerprint density at radius 1 is 1.32 bits per heavy atom. The van der Waals surface area contributed by atoms with Crippen molar-refractivity contribution in [2.24, 2.45) is 0 Å². The van der Waals surface area contributed by atoms with Crippen molar-refractivity contribution in [3.05, 3.63) is 64.2 Å². The summed E-state index contributed by atoms with van der Waals surface area (Å²) in [7, 11) is 1.49. The summed E-state index contributed by atoms with van der Waals surface area (Å²) in [5.41, 5.74) is 2.41. The third-order valence-electron chi connectivity index (χ3n) is 3.90. The number of hydrogen-bond acceptors (Lipinski definition) is 3. The Morgan fingerprint density at radius 2 is 2.09 bits per heavy atom. The summed E-state index contributed by atoms with van der Waals surface area (Å²) in [4.78, 5) is 12.5. The number of nitrogens with one attached hydrogen (secondary N) is 1. The van der Waals surface area contributed by atoms with Crippen LogP contribution in [0.3, 0.4) is 0 Å². The zero-order chi connectivity index (χ0) is 15.7. The van der Waals surface area contributed by atoms with Crippen LogP contribution in [0.5, 0.6) is 5.75 Å². The Bertz CT molecular complexity index is 717. The maximum atomic E-state index is 12.5. The van der Waals surface area contributed by atoms with Crippen molar-refractivity contribution in [3.8, 4) is 5.75 Å². The first-order chi connectivity index (χ1) is 10.6. The van der Waals surface area contributed by atoms with E-state index in [4.69, 9.17) is 16.3 Å². The Hall–Kier alpha value is -2.04. The predicted molar refractivity (Wildman–Crippen MR) is 84.4 cm³/mol. The van der Waals surface area contributed by atoms with Gasteiger partial charge in [-0.1, -0.05) is 35.9 Å². The first-order valence-electron chi connectivity index (χ1n) is 7.00. The number of benzene rings is 2. The molecule has 0 bridgehead atoms. The minimum Gasteiger partial charge on any atom is -0.496 e. The number of hydrogen-bond donors (Lipinski definition) is 2. The Morgan fingerprint density at radius 3 is 2.86 bits per heavy atom. The number of fused-ring (bicyclic) bond motifs is 1.